The number of alkyl halides is 1. The summed E-state index contributed by atoms with van der Waals surface area (Å²) in [6.45, 7) is 6.51. The van der Waals surface area contributed by atoms with E-state index in [9.17, 15) is 9.59 Å². The van der Waals surface area contributed by atoms with Crippen LogP contribution in [0.25, 0.3) is 0 Å². The van der Waals surface area contributed by atoms with Crippen LogP contribution in [0.15, 0.2) is 78.9 Å². The monoisotopic (exact) mass is 478 g/mol. The van der Waals surface area contributed by atoms with Gasteiger partial charge >= 0.3 is 0 Å². The molecule has 4 nitrogen and oxygen atoms in total. The lowest BCUT2D eigenvalue weighted by atomic mass is 9.87. The zero-order valence-electron chi connectivity index (χ0n) is 18.9. The van der Waals surface area contributed by atoms with Crippen molar-refractivity contribution in [2.75, 3.05) is 16.0 Å². The molecule has 1 saturated heterocycles. The average Bonchev–Trinajstić information content (AvgIpc) is 3.20. The number of benzene rings is 3. The van der Waals surface area contributed by atoms with Crippen molar-refractivity contribution in [3.63, 3.8) is 0 Å². The van der Waals surface area contributed by atoms with Crippen LogP contribution in [0.1, 0.15) is 48.2 Å². The van der Waals surface area contributed by atoms with Crippen molar-refractivity contribution in [2.45, 2.75) is 36.9 Å². The first-order chi connectivity index (χ1) is 15.7. The van der Waals surface area contributed by atoms with Gasteiger partial charge in [-0.05, 0) is 46.4 Å². The molecule has 0 spiro atoms. The van der Waals surface area contributed by atoms with Crippen molar-refractivity contribution in [3.8, 4) is 0 Å². The normalized spacial score (nSPS) is 17.2. The number of rotatable bonds is 5. The molecule has 1 heterocycles. The Morgan fingerprint density at radius 1 is 1.03 bits per heavy atom. The predicted octanol–water partition coefficient (Wildman–Crippen LogP) is 6.68. The van der Waals surface area contributed by atoms with Gasteiger partial charge < -0.3 is 5.32 Å². The van der Waals surface area contributed by atoms with Gasteiger partial charge in [0.1, 0.15) is 10.8 Å². The SMILES string of the molecule is CC(C)(C)c1ccc(N2C(=O)CS[C@H]2c2cccc(NC(=O)[C@@H](Cl)c3ccccc3)c2)cc1. The molecule has 0 bridgehead atoms. The van der Waals surface area contributed by atoms with E-state index in [0.29, 0.717) is 11.4 Å². The smallest absolute Gasteiger partial charge is 0.246 e. The Hall–Kier alpha value is -2.76. The molecule has 2 atom stereocenters. The van der Waals surface area contributed by atoms with E-state index in [4.69, 9.17) is 11.6 Å². The Morgan fingerprint density at radius 3 is 2.39 bits per heavy atom. The van der Waals surface area contributed by atoms with Crippen molar-refractivity contribution >= 4 is 46.6 Å². The third-order valence-electron chi connectivity index (χ3n) is 5.64. The van der Waals surface area contributed by atoms with Crippen LogP contribution in [0, 0.1) is 0 Å². The number of hydrogen-bond acceptors (Lipinski definition) is 3. The molecule has 0 radical (unpaired) electrons. The van der Waals surface area contributed by atoms with Crippen LogP contribution in [0.2, 0.25) is 0 Å². The highest BCUT2D eigenvalue weighted by Gasteiger charge is 2.34. The van der Waals surface area contributed by atoms with Crippen molar-refractivity contribution in [1.82, 2.24) is 0 Å². The second-order valence-electron chi connectivity index (χ2n) is 9.11. The summed E-state index contributed by atoms with van der Waals surface area (Å²) < 4.78 is 0. The topological polar surface area (TPSA) is 49.4 Å². The zero-order valence-corrected chi connectivity index (χ0v) is 20.5. The third kappa shape index (κ3) is 5.26. The van der Waals surface area contributed by atoms with E-state index in [1.54, 1.807) is 11.8 Å². The highest BCUT2D eigenvalue weighted by Crippen LogP contribution is 2.42. The Bertz CT molecular complexity index is 1140. The number of carbonyl (C=O) groups is 2. The number of amides is 2. The molecule has 0 unspecified atom stereocenters. The maximum absolute atomic E-state index is 12.8. The minimum atomic E-state index is -0.782. The molecular weight excluding hydrogens is 452 g/mol. The number of carbonyl (C=O) groups excluding carboxylic acids is 2. The number of halogens is 1. The number of nitrogens with one attached hydrogen (secondary N) is 1. The quantitative estimate of drug-likeness (QED) is 0.416. The van der Waals surface area contributed by atoms with Crippen molar-refractivity contribution < 1.29 is 9.59 Å². The van der Waals surface area contributed by atoms with E-state index < -0.39 is 5.38 Å². The number of thioether (sulfide) groups is 1. The molecule has 33 heavy (non-hydrogen) atoms. The molecule has 0 aliphatic carbocycles. The van der Waals surface area contributed by atoms with Gasteiger partial charge in [-0.2, -0.15) is 0 Å². The van der Waals surface area contributed by atoms with Gasteiger partial charge in [-0.25, -0.2) is 0 Å². The third-order valence-corrected chi connectivity index (χ3v) is 7.30. The molecule has 1 N–H and O–H groups in total. The lowest BCUT2D eigenvalue weighted by molar-refractivity contribution is -0.116. The van der Waals surface area contributed by atoms with Gasteiger partial charge in [-0.1, -0.05) is 75.4 Å². The summed E-state index contributed by atoms with van der Waals surface area (Å²) in [5, 5.41) is 1.97. The molecule has 1 aliphatic rings. The van der Waals surface area contributed by atoms with E-state index in [1.807, 2.05) is 71.6 Å². The lowest BCUT2D eigenvalue weighted by Crippen LogP contribution is -2.28. The molecule has 2 amide bonds. The Balaban J connectivity index is 1.54. The van der Waals surface area contributed by atoms with Gasteiger partial charge in [-0.15, -0.1) is 23.4 Å². The van der Waals surface area contributed by atoms with Crippen LogP contribution in [-0.4, -0.2) is 17.6 Å². The van der Waals surface area contributed by atoms with Gasteiger partial charge in [0.2, 0.25) is 11.8 Å². The minimum Gasteiger partial charge on any atom is -0.324 e. The van der Waals surface area contributed by atoms with Crippen LogP contribution >= 0.6 is 23.4 Å². The highest BCUT2D eigenvalue weighted by molar-refractivity contribution is 8.00. The Labute approximate surface area is 204 Å². The van der Waals surface area contributed by atoms with Crippen LogP contribution in [0.4, 0.5) is 11.4 Å². The molecule has 170 valence electrons. The summed E-state index contributed by atoms with van der Waals surface area (Å²) in [7, 11) is 0. The summed E-state index contributed by atoms with van der Waals surface area (Å²) in [6, 6.07) is 25.1. The van der Waals surface area contributed by atoms with Crippen molar-refractivity contribution in [1.29, 1.82) is 0 Å². The fraction of sp³-hybridized carbons (Fsp3) is 0.259. The van der Waals surface area contributed by atoms with Crippen molar-refractivity contribution in [3.05, 3.63) is 95.6 Å². The van der Waals surface area contributed by atoms with Crippen LogP contribution in [0.3, 0.4) is 0 Å². The number of hydrogen-bond donors (Lipinski definition) is 1. The largest absolute Gasteiger partial charge is 0.324 e. The summed E-state index contributed by atoms with van der Waals surface area (Å²) in [6.07, 6.45) is 0. The zero-order chi connectivity index (χ0) is 23.6. The van der Waals surface area contributed by atoms with Gasteiger partial charge in [0.15, 0.2) is 0 Å². The van der Waals surface area contributed by atoms with Crippen LogP contribution in [0.5, 0.6) is 0 Å². The van der Waals surface area contributed by atoms with Gasteiger partial charge in [0.25, 0.3) is 0 Å². The molecule has 0 saturated carbocycles. The van der Waals surface area contributed by atoms with Crippen LogP contribution < -0.4 is 10.2 Å². The summed E-state index contributed by atoms with van der Waals surface area (Å²) in [4.78, 5) is 27.3. The summed E-state index contributed by atoms with van der Waals surface area (Å²) in [5.74, 6) is 0.206. The average molecular weight is 479 g/mol. The second-order valence-corrected chi connectivity index (χ2v) is 10.6. The Kier molecular flexibility index (Phi) is 6.82. The molecule has 0 aromatic heterocycles. The fourth-order valence-corrected chi connectivity index (χ4v) is 5.19. The highest BCUT2D eigenvalue weighted by atomic mass is 35.5. The van der Waals surface area contributed by atoms with Gasteiger partial charge in [0.05, 0.1) is 5.75 Å². The molecule has 3 aromatic carbocycles. The van der Waals surface area contributed by atoms with E-state index in [-0.39, 0.29) is 22.6 Å². The Morgan fingerprint density at radius 2 is 1.73 bits per heavy atom. The molecule has 6 heteroatoms. The van der Waals surface area contributed by atoms with Gasteiger partial charge in [-0.3, -0.25) is 14.5 Å². The maximum atomic E-state index is 12.8. The first-order valence-corrected chi connectivity index (χ1v) is 12.4. The van der Waals surface area contributed by atoms with Gasteiger partial charge in [0, 0.05) is 11.4 Å². The number of anilines is 2. The molecule has 1 aliphatic heterocycles. The minimum absolute atomic E-state index is 0.0499. The van der Waals surface area contributed by atoms with Crippen LogP contribution in [-0.2, 0) is 15.0 Å². The molecule has 4 rings (SSSR count). The standard InChI is InChI=1S/C27H27ClN2O2S/c1-27(2,3)20-12-14-22(15-13-20)30-23(31)17-33-26(30)19-10-7-11-21(16-19)29-25(32)24(28)18-8-5-4-6-9-18/h4-16,24,26H,17H2,1-3H3,(H,29,32)/t24-,26-/m0/s1. The van der Waals surface area contributed by atoms with E-state index in [0.717, 1.165) is 16.8 Å². The maximum Gasteiger partial charge on any atom is 0.246 e. The molecule has 3 aromatic rings. The first-order valence-electron chi connectivity index (χ1n) is 10.9. The summed E-state index contributed by atoms with van der Waals surface area (Å²) >= 11 is 7.96. The fourth-order valence-electron chi connectivity index (χ4n) is 3.82. The van der Waals surface area contributed by atoms with E-state index >= 15 is 0 Å². The summed E-state index contributed by atoms with van der Waals surface area (Å²) in [5.41, 5.74) is 4.50. The molecule has 1 fully saturated rings. The second kappa shape index (κ2) is 9.62. The van der Waals surface area contributed by atoms with E-state index in [1.165, 1.54) is 5.56 Å². The number of nitrogens with zero attached hydrogens (tertiary/aromatic N) is 1. The lowest BCUT2D eigenvalue weighted by Gasteiger charge is -2.26. The first kappa shape index (κ1) is 23.4. The predicted molar refractivity (Wildman–Crippen MR) is 138 cm³/mol. The molecular formula is C27H27ClN2O2S. The van der Waals surface area contributed by atoms with Crippen molar-refractivity contribution in [2.24, 2.45) is 0 Å². The van der Waals surface area contributed by atoms with E-state index in [2.05, 4.69) is 38.2 Å².